The Kier molecular flexibility index (Phi) is 3.28. The molecule has 1 saturated heterocycles. The molecule has 114 valence electrons. The highest BCUT2D eigenvalue weighted by molar-refractivity contribution is 9.10. The standard InChI is InChI=1S/C15H14BrN3O3/c1-18-12-7-17-11-3-2-9(16)6-10(11)14(12)19(15(18)20)13-8-21-4-5-22-13/h2-3,6-7,13H,4-5,8H2,1H3/t13-/m0/s1. The van der Waals surface area contributed by atoms with Crippen molar-refractivity contribution in [3.8, 4) is 0 Å². The van der Waals surface area contributed by atoms with E-state index in [0.29, 0.717) is 19.8 Å². The Hall–Kier alpha value is -1.70. The first kappa shape index (κ1) is 13.9. The van der Waals surface area contributed by atoms with Crippen molar-refractivity contribution in [3.63, 3.8) is 0 Å². The molecule has 1 aliphatic rings. The second-order valence-corrected chi connectivity index (χ2v) is 6.18. The van der Waals surface area contributed by atoms with E-state index in [1.54, 1.807) is 22.4 Å². The molecule has 0 aliphatic carbocycles. The van der Waals surface area contributed by atoms with E-state index in [2.05, 4.69) is 20.9 Å². The molecule has 3 heterocycles. The van der Waals surface area contributed by atoms with Crippen molar-refractivity contribution in [1.29, 1.82) is 0 Å². The van der Waals surface area contributed by atoms with Crippen molar-refractivity contribution >= 4 is 37.9 Å². The van der Waals surface area contributed by atoms with Crippen molar-refractivity contribution in [3.05, 3.63) is 39.4 Å². The summed E-state index contributed by atoms with van der Waals surface area (Å²) in [5.41, 5.74) is 2.32. The molecule has 4 rings (SSSR count). The van der Waals surface area contributed by atoms with E-state index in [1.807, 2.05) is 18.2 Å². The van der Waals surface area contributed by atoms with Gasteiger partial charge in [0.25, 0.3) is 0 Å². The van der Waals surface area contributed by atoms with Crippen LogP contribution in [0.3, 0.4) is 0 Å². The van der Waals surface area contributed by atoms with Gasteiger partial charge in [0.2, 0.25) is 0 Å². The van der Waals surface area contributed by atoms with E-state index in [-0.39, 0.29) is 5.69 Å². The third kappa shape index (κ3) is 2.00. The SMILES string of the molecule is Cn1c(=O)n([C@@H]2COCCO2)c2c3cc(Br)ccc3ncc21. The van der Waals surface area contributed by atoms with E-state index >= 15 is 0 Å². The van der Waals surface area contributed by atoms with Crippen LogP contribution in [0.2, 0.25) is 0 Å². The smallest absolute Gasteiger partial charge is 0.331 e. The highest BCUT2D eigenvalue weighted by atomic mass is 79.9. The van der Waals surface area contributed by atoms with Gasteiger partial charge in [-0.1, -0.05) is 15.9 Å². The third-order valence-electron chi connectivity index (χ3n) is 3.96. The minimum absolute atomic E-state index is 0.125. The van der Waals surface area contributed by atoms with Gasteiger partial charge >= 0.3 is 5.69 Å². The van der Waals surface area contributed by atoms with Crippen molar-refractivity contribution in [1.82, 2.24) is 14.1 Å². The minimum Gasteiger partial charge on any atom is -0.374 e. The summed E-state index contributed by atoms with van der Waals surface area (Å²) in [6.45, 7) is 1.42. The Bertz CT molecular complexity index is 925. The monoisotopic (exact) mass is 363 g/mol. The van der Waals surface area contributed by atoms with Gasteiger partial charge in [-0.2, -0.15) is 0 Å². The fourth-order valence-corrected chi connectivity index (χ4v) is 3.25. The quantitative estimate of drug-likeness (QED) is 0.664. The molecule has 0 unspecified atom stereocenters. The van der Waals surface area contributed by atoms with Gasteiger partial charge in [-0.15, -0.1) is 0 Å². The van der Waals surface area contributed by atoms with Crippen LogP contribution < -0.4 is 5.69 Å². The number of pyridine rings is 1. The Morgan fingerprint density at radius 3 is 3.00 bits per heavy atom. The molecule has 1 aromatic carbocycles. The number of hydrogen-bond acceptors (Lipinski definition) is 4. The summed E-state index contributed by atoms with van der Waals surface area (Å²) in [5, 5.41) is 0.916. The van der Waals surface area contributed by atoms with Crippen LogP contribution in [-0.4, -0.2) is 33.9 Å². The lowest BCUT2D eigenvalue weighted by atomic mass is 10.2. The summed E-state index contributed by atoms with van der Waals surface area (Å²) in [6.07, 6.45) is 1.32. The summed E-state index contributed by atoms with van der Waals surface area (Å²) in [6, 6.07) is 5.84. The maximum absolute atomic E-state index is 12.7. The largest absolute Gasteiger partial charge is 0.374 e. The van der Waals surface area contributed by atoms with Crippen LogP contribution in [-0.2, 0) is 16.5 Å². The van der Waals surface area contributed by atoms with Crippen molar-refractivity contribution < 1.29 is 9.47 Å². The molecule has 3 aromatic rings. The van der Waals surface area contributed by atoms with Crippen LogP contribution in [0.5, 0.6) is 0 Å². The Morgan fingerprint density at radius 1 is 1.36 bits per heavy atom. The normalized spacial score (nSPS) is 19.1. The van der Waals surface area contributed by atoms with Crippen LogP contribution in [0.15, 0.2) is 33.7 Å². The Balaban J connectivity index is 2.11. The maximum Gasteiger partial charge on any atom is 0.331 e. The maximum atomic E-state index is 12.7. The minimum atomic E-state index is -0.408. The first-order valence-electron chi connectivity index (χ1n) is 7.01. The molecule has 7 heteroatoms. The number of imidazole rings is 1. The van der Waals surface area contributed by atoms with E-state index in [9.17, 15) is 4.79 Å². The molecule has 0 spiro atoms. The van der Waals surface area contributed by atoms with Crippen molar-refractivity contribution in [2.45, 2.75) is 6.23 Å². The molecule has 1 fully saturated rings. The van der Waals surface area contributed by atoms with Gasteiger partial charge in [0.05, 0.1) is 42.6 Å². The average molecular weight is 364 g/mol. The molecule has 22 heavy (non-hydrogen) atoms. The molecule has 0 amide bonds. The number of hydrogen-bond donors (Lipinski definition) is 0. The van der Waals surface area contributed by atoms with Gasteiger partial charge in [0.1, 0.15) is 0 Å². The van der Waals surface area contributed by atoms with Crippen molar-refractivity contribution in [2.75, 3.05) is 19.8 Å². The highest BCUT2D eigenvalue weighted by Gasteiger charge is 2.24. The van der Waals surface area contributed by atoms with E-state index in [0.717, 1.165) is 26.4 Å². The zero-order valence-corrected chi connectivity index (χ0v) is 13.5. The topological polar surface area (TPSA) is 58.3 Å². The number of nitrogens with zero attached hydrogens (tertiary/aromatic N) is 3. The van der Waals surface area contributed by atoms with E-state index < -0.39 is 6.23 Å². The second kappa shape index (κ2) is 5.19. The molecule has 0 bridgehead atoms. The molecular formula is C15H14BrN3O3. The fourth-order valence-electron chi connectivity index (χ4n) is 2.89. The second-order valence-electron chi connectivity index (χ2n) is 5.27. The lowest BCUT2D eigenvalue weighted by Crippen LogP contribution is -2.34. The molecule has 6 nitrogen and oxygen atoms in total. The summed E-state index contributed by atoms with van der Waals surface area (Å²) < 4.78 is 15.4. The lowest BCUT2D eigenvalue weighted by Gasteiger charge is -2.24. The third-order valence-corrected chi connectivity index (χ3v) is 4.46. The zero-order valence-electron chi connectivity index (χ0n) is 12.0. The van der Waals surface area contributed by atoms with Gasteiger partial charge in [-0.05, 0) is 18.2 Å². The van der Waals surface area contributed by atoms with Gasteiger partial charge < -0.3 is 9.47 Å². The lowest BCUT2D eigenvalue weighted by molar-refractivity contribution is -0.122. The number of fused-ring (bicyclic) bond motifs is 3. The number of rotatable bonds is 1. The van der Waals surface area contributed by atoms with Gasteiger partial charge in [0.15, 0.2) is 6.23 Å². The van der Waals surface area contributed by atoms with E-state index in [1.165, 1.54) is 0 Å². The fraction of sp³-hybridized carbons (Fsp3) is 0.333. The molecule has 2 aromatic heterocycles. The molecule has 1 atom stereocenters. The number of ether oxygens (including phenoxy) is 2. The van der Waals surface area contributed by atoms with Crippen LogP contribution in [0.25, 0.3) is 21.9 Å². The number of aryl methyl sites for hydroxylation is 1. The number of aromatic nitrogens is 3. The molecule has 0 saturated carbocycles. The molecular weight excluding hydrogens is 350 g/mol. The van der Waals surface area contributed by atoms with Crippen LogP contribution in [0.1, 0.15) is 6.23 Å². The van der Waals surface area contributed by atoms with Crippen molar-refractivity contribution in [2.24, 2.45) is 7.05 Å². The first-order valence-corrected chi connectivity index (χ1v) is 7.80. The Labute approximate surface area is 134 Å². The predicted octanol–water partition coefficient (Wildman–Crippen LogP) is 2.20. The van der Waals surface area contributed by atoms with Crippen LogP contribution in [0, 0.1) is 0 Å². The highest BCUT2D eigenvalue weighted by Crippen LogP contribution is 2.28. The number of halogens is 1. The number of benzene rings is 1. The van der Waals surface area contributed by atoms with E-state index in [4.69, 9.17) is 9.47 Å². The van der Waals surface area contributed by atoms with Gasteiger partial charge in [-0.3, -0.25) is 14.1 Å². The molecule has 0 radical (unpaired) electrons. The summed E-state index contributed by atoms with van der Waals surface area (Å²) in [7, 11) is 1.75. The van der Waals surface area contributed by atoms with Gasteiger partial charge in [0, 0.05) is 16.9 Å². The van der Waals surface area contributed by atoms with Gasteiger partial charge in [-0.25, -0.2) is 4.79 Å². The Morgan fingerprint density at radius 2 is 2.23 bits per heavy atom. The summed E-state index contributed by atoms with van der Waals surface area (Å²) >= 11 is 3.49. The average Bonchev–Trinajstić information content (AvgIpc) is 2.80. The first-order chi connectivity index (χ1) is 10.7. The molecule has 1 aliphatic heterocycles. The summed E-state index contributed by atoms with van der Waals surface area (Å²) in [5.74, 6) is 0. The van der Waals surface area contributed by atoms with Crippen LogP contribution >= 0.6 is 15.9 Å². The predicted molar refractivity (Wildman–Crippen MR) is 86.0 cm³/mol. The summed E-state index contributed by atoms with van der Waals surface area (Å²) in [4.78, 5) is 17.1. The van der Waals surface area contributed by atoms with Crippen LogP contribution in [0.4, 0.5) is 0 Å². The molecule has 0 N–H and O–H groups in total. The zero-order chi connectivity index (χ0) is 15.3.